The molecule has 1 aromatic rings. The number of carbonyl (C=O) groups excluding carboxylic acids is 6. The number of carbonyl (C=O) groups is 8. The molecule has 0 spiro atoms. The largest absolute Gasteiger partial charge is 0.481 e. The molecule has 0 bridgehead atoms. The summed E-state index contributed by atoms with van der Waals surface area (Å²) < 4.78 is 4.79. The smallest absolute Gasteiger partial charge is 0.428 e. The fourth-order valence-electron chi connectivity index (χ4n) is 4.67. The molecule has 19 heteroatoms. The number of likely N-dealkylation sites (N-methyl/N-ethyl adjacent to an activating group) is 1. The van der Waals surface area contributed by atoms with E-state index in [1.54, 1.807) is 6.92 Å². The molecule has 240 valence electrons. The third-order valence-electron chi connectivity index (χ3n) is 7.07. The highest BCUT2D eigenvalue weighted by Gasteiger charge is 2.53. The predicted octanol–water partition coefficient (Wildman–Crippen LogP) is -1.21. The van der Waals surface area contributed by atoms with Gasteiger partial charge in [-0.25, -0.2) is 25.2 Å². The van der Waals surface area contributed by atoms with Crippen LogP contribution in [0.2, 0.25) is 0 Å². The van der Waals surface area contributed by atoms with Gasteiger partial charge in [-0.2, -0.15) is 0 Å². The lowest BCUT2D eigenvalue weighted by Crippen LogP contribution is -2.70. The Morgan fingerprint density at radius 1 is 1.09 bits per heavy atom. The molecule has 0 aliphatic carbocycles. The fraction of sp³-hybridized carbons (Fsp3) is 0.385. The molecule has 2 saturated heterocycles. The molecule has 0 saturated carbocycles. The highest BCUT2D eigenvalue weighted by Crippen LogP contribution is 2.37. The van der Waals surface area contributed by atoms with Crippen LogP contribution < -0.4 is 21.5 Å². The van der Waals surface area contributed by atoms with Crippen molar-refractivity contribution in [1.29, 1.82) is 0 Å². The number of amides is 7. The number of anilines is 1. The van der Waals surface area contributed by atoms with Gasteiger partial charge in [-0.3, -0.25) is 33.8 Å². The second kappa shape index (κ2) is 13.6. The number of fused-ring (bicyclic) bond motifs is 1. The zero-order chi connectivity index (χ0) is 33.0. The van der Waals surface area contributed by atoms with Crippen molar-refractivity contribution in [3.8, 4) is 0 Å². The lowest BCUT2D eigenvalue weighted by atomic mass is 10.0. The summed E-state index contributed by atoms with van der Waals surface area (Å²) in [5.74, 6) is 0.0169. The van der Waals surface area contributed by atoms with Gasteiger partial charge in [0.1, 0.15) is 29.8 Å². The second-order valence-corrected chi connectivity index (χ2v) is 10.9. The van der Waals surface area contributed by atoms with Crippen molar-refractivity contribution < 1.29 is 53.3 Å². The van der Waals surface area contributed by atoms with E-state index in [2.05, 4.69) is 10.6 Å². The number of benzene rings is 1. The van der Waals surface area contributed by atoms with E-state index in [4.69, 9.17) is 15.7 Å². The maximum atomic E-state index is 13.6. The summed E-state index contributed by atoms with van der Waals surface area (Å²) in [4.78, 5) is 102. The Labute approximate surface area is 259 Å². The minimum absolute atomic E-state index is 0.0671. The summed E-state index contributed by atoms with van der Waals surface area (Å²) in [6.07, 6.45) is -0.122. The number of rotatable bonds is 10. The minimum Gasteiger partial charge on any atom is -0.481 e. The number of β-lactam (4-membered cyclic amide) rings is 1. The van der Waals surface area contributed by atoms with E-state index in [0.717, 1.165) is 4.90 Å². The first kappa shape index (κ1) is 32.7. The van der Waals surface area contributed by atoms with Gasteiger partial charge >= 0.3 is 35.9 Å². The van der Waals surface area contributed by atoms with Crippen molar-refractivity contribution in [1.82, 2.24) is 25.3 Å². The SMILES string of the molecule is CCN1CCN(C(=O)N[C@@H](C(=O)N[C@@H]2C(=O)N3C(C(=O)O)=CCS[C@H]23)c2ccc(N(N)C(=O)OCCC(=O)O)cc2)C(=O)C1=O. The number of aliphatic carboxylic acids is 2. The second-order valence-electron chi connectivity index (χ2n) is 9.76. The van der Waals surface area contributed by atoms with Crippen molar-refractivity contribution in [2.24, 2.45) is 5.84 Å². The van der Waals surface area contributed by atoms with Gasteiger partial charge in [-0.15, -0.1) is 11.8 Å². The quantitative estimate of drug-likeness (QED) is 0.0658. The van der Waals surface area contributed by atoms with Crippen LogP contribution in [0.5, 0.6) is 0 Å². The number of nitrogens with two attached hydrogens (primary N) is 1. The Balaban J connectivity index is 1.54. The Bertz CT molecular complexity index is 1470. The van der Waals surface area contributed by atoms with Gasteiger partial charge in [0, 0.05) is 25.4 Å². The van der Waals surface area contributed by atoms with Gasteiger partial charge in [0.05, 0.1) is 12.1 Å². The maximum Gasteiger partial charge on any atom is 0.428 e. The van der Waals surface area contributed by atoms with E-state index in [-0.39, 0.29) is 42.3 Å². The van der Waals surface area contributed by atoms with Crippen molar-refractivity contribution in [2.75, 3.05) is 37.0 Å². The van der Waals surface area contributed by atoms with Gasteiger partial charge in [-0.05, 0) is 30.7 Å². The molecular weight excluding hydrogens is 618 g/mol. The lowest BCUT2D eigenvalue weighted by Gasteiger charge is -2.48. The summed E-state index contributed by atoms with van der Waals surface area (Å²) >= 11 is 1.22. The van der Waals surface area contributed by atoms with Crippen LogP contribution in [0.3, 0.4) is 0 Å². The number of nitrogens with one attached hydrogen (secondary N) is 2. The van der Waals surface area contributed by atoms with E-state index in [0.29, 0.717) is 9.91 Å². The number of nitrogens with zero attached hydrogens (tertiary/aromatic N) is 4. The Kier molecular flexibility index (Phi) is 9.92. The van der Waals surface area contributed by atoms with Crippen molar-refractivity contribution in [2.45, 2.75) is 30.8 Å². The topological polar surface area (TPSA) is 249 Å². The van der Waals surface area contributed by atoms with Crippen molar-refractivity contribution >= 4 is 65.1 Å². The molecule has 18 nitrogen and oxygen atoms in total. The van der Waals surface area contributed by atoms with E-state index in [9.17, 15) is 43.5 Å². The molecule has 1 aromatic carbocycles. The van der Waals surface area contributed by atoms with E-state index in [1.165, 1.54) is 47.0 Å². The molecule has 6 N–H and O–H groups in total. The Morgan fingerprint density at radius 2 is 1.78 bits per heavy atom. The molecule has 2 fully saturated rings. The number of hydrogen-bond acceptors (Lipinski definition) is 11. The molecular formula is C26H29N7O11S. The van der Waals surface area contributed by atoms with Crippen molar-refractivity contribution in [3.05, 3.63) is 41.6 Å². The Morgan fingerprint density at radius 3 is 2.40 bits per heavy atom. The number of urea groups is 1. The molecule has 0 unspecified atom stereocenters. The fourth-order valence-corrected chi connectivity index (χ4v) is 5.87. The van der Waals surface area contributed by atoms with E-state index >= 15 is 0 Å². The zero-order valence-electron chi connectivity index (χ0n) is 23.7. The third kappa shape index (κ3) is 6.83. The summed E-state index contributed by atoms with van der Waals surface area (Å²) in [6, 6.07) is 1.53. The highest BCUT2D eigenvalue weighted by atomic mass is 32.2. The first-order valence-corrected chi connectivity index (χ1v) is 14.5. The third-order valence-corrected chi connectivity index (χ3v) is 8.26. The molecule has 3 aliphatic heterocycles. The number of piperazine rings is 1. The number of ether oxygens (including phenoxy) is 1. The number of carboxylic acid groups (broad SMARTS) is 2. The van der Waals surface area contributed by atoms with Crippen LogP contribution in [-0.4, -0.2) is 116 Å². The molecule has 3 atom stereocenters. The van der Waals surface area contributed by atoms with E-state index < -0.39 is 78.2 Å². The number of thioether (sulfide) groups is 1. The molecule has 4 rings (SSSR count). The summed E-state index contributed by atoms with van der Waals surface area (Å²) in [5.41, 5.74) is -0.0244. The predicted molar refractivity (Wildman–Crippen MR) is 153 cm³/mol. The number of hydrazine groups is 1. The van der Waals surface area contributed by atoms with E-state index in [1.807, 2.05) is 0 Å². The van der Waals surface area contributed by atoms with Crippen LogP contribution in [0.15, 0.2) is 36.0 Å². The normalized spacial score (nSPS) is 19.9. The standard InChI is InChI=1S/C26H29N7O11S/c1-2-30-9-10-31(22(39)21(30)38)25(42)29-17(13-3-5-14(6-4-13)33(27)26(43)44-11-7-16(34)35)19(36)28-18-20(37)32-15(24(40)41)8-12-45-23(18)32/h3-6,8,17-18,23H,2,7,9-12,27H2,1H3,(H,28,36)(H,29,42)(H,34,35)(H,40,41)/t17-,18-,23-/m1/s1. The maximum absolute atomic E-state index is 13.6. The first-order valence-electron chi connectivity index (χ1n) is 13.5. The molecule has 3 aliphatic rings. The molecule has 3 heterocycles. The molecule has 0 aromatic heterocycles. The van der Waals surface area contributed by atoms with Crippen LogP contribution in [0, 0.1) is 0 Å². The van der Waals surface area contributed by atoms with Crippen molar-refractivity contribution in [3.63, 3.8) is 0 Å². The van der Waals surface area contributed by atoms with Crippen LogP contribution in [0.1, 0.15) is 24.9 Å². The summed E-state index contributed by atoms with van der Waals surface area (Å²) in [6.45, 7) is 1.45. The first-order chi connectivity index (χ1) is 21.3. The van der Waals surface area contributed by atoms with Gasteiger partial charge < -0.3 is 30.5 Å². The number of hydrogen-bond donors (Lipinski definition) is 5. The van der Waals surface area contributed by atoms with Gasteiger partial charge in [0.25, 0.3) is 5.91 Å². The van der Waals surface area contributed by atoms with Crippen LogP contribution in [0.25, 0.3) is 0 Å². The number of imide groups is 1. The molecule has 45 heavy (non-hydrogen) atoms. The Hall–Kier alpha value is -5.17. The van der Waals surface area contributed by atoms with Crippen LogP contribution in [0.4, 0.5) is 15.3 Å². The average molecular weight is 648 g/mol. The molecule has 7 amide bonds. The van der Waals surface area contributed by atoms with Crippen LogP contribution >= 0.6 is 11.8 Å². The van der Waals surface area contributed by atoms with Gasteiger partial charge in [-0.1, -0.05) is 12.1 Å². The van der Waals surface area contributed by atoms with Gasteiger partial charge in [0.2, 0.25) is 5.91 Å². The zero-order valence-corrected chi connectivity index (χ0v) is 24.5. The lowest BCUT2D eigenvalue weighted by molar-refractivity contribution is -0.153. The summed E-state index contributed by atoms with van der Waals surface area (Å²) in [7, 11) is 0. The van der Waals surface area contributed by atoms with Crippen LogP contribution in [-0.2, 0) is 33.5 Å². The monoisotopic (exact) mass is 647 g/mol. The van der Waals surface area contributed by atoms with Gasteiger partial charge in [0.15, 0.2) is 0 Å². The highest BCUT2D eigenvalue weighted by molar-refractivity contribution is 8.00. The average Bonchev–Trinajstić information content (AvgIpc) is 3.02. The number of carboxylic acids is 2. The minimum atomic E-state index is -1.53. The molecule has 0 radical (unpaired) electrons. The summed E-state index contributed by atoms with van der Waals surface area (Å²) in [5, 5.41) is 22.9.